The number of anilines is 1. The van der Waals surface area contributed by atoms with Gasteiger partial charge in [-0.3, -0.25) is 14.9 Å². The number of methoxy groups -OCH3 is 1. The number of amides is 1. The van der Waals surface area contributed by atoms with Gasteiger partial charge in [0.05, 0.1) is 7.11 Å². The summed E-state index contributed by atoms with van der Waals surface area (Å²) < 4.78 is 4.97. The predicted molar refractivity (Wildman–Crippen MR) is 101 cm³/mol. The van der Waals surface area contributed by atoms with Crippen LogP contribution in [0.15, 0.2) is 54.6 Å². The molecule has 2 N–H and O–H groups in total. The number of ether oxygens (including phenoxy) is 1. The molecule has 1 heterocycles. The molecule has 0 saturated heterocycles. The summed E-state index contributed by atoms with van der Waals surface area (Å²) in [6, 6.07) is 16.8. The first kappa shape index (κ1) is 18.1. The van der Waals surface area contributed by atoms with Crippen molar-refractivity contribution in [1.29, 1.82) is 0 Å². The highest BCUT2D eigenvalue weighted by atomic mass is 16.5. The molecule has 0 unspecified atom stereocenters. The lowest BCUT2D eigenvalue weighted by molar-refractivity contribution is -0.145. The average Bonchev–Trinajstić information content (AvgIpc) is 2.91. The highest BCUT2D eigenvalue weighted by molar-refractivity contribution is 6.06. The van der Waals surface area contributed by atoms with Crippen molar-refractivity contribution in [3.8, 4) is 0 Å². The first-order chi connectivity index (χ1) is 12.5. The second kappa shape index (κ2) is 7.30. The van der Waals surface area contributed by atoms with E-state index in [9.17, 15) is 9.59 Å². The lowest BCUT2D eigenvalue weighted by atomic mass is 9.83. The Kier molecular flexibility index (Phi) is 5.09. The molecule has 1 amide bonds. The number of hydrogen-bond donors (Lipinski definition) is 2. The molecule has 0 radical (unpaired) electrons. The minimum absolute atomic E-state index is 0.0318. The minimum atomic E-state index is -1.03. The third-order valence-electron chi connectivity index (χ3n) is 4.86. The Hall–Kier alpha value is -2.66. The van der Waals surface area contributed by atoms with Crippen LogP contribution in [0.2, 0.25) is 0 Å². The first-order valence-electron chi connectivity index (χ1n) is 8.78. The quantitative estimate of drug-likeness (QED) is 0.785. The molecule has 0 bridgehead atoms. The number of carbonyl (C=O) groups excluding carboxylic acids is 2. The molecule has 0 aromatic heterocycles. The van der Waals surface area contributed by atoms with Gasteiger partial charge in [-0.1, -0.05) is 62.4 Å². The molecule has 0 aliphatic carbocycles. The van der Waals surface area contributed by atoms with Crippen molar-refractivity contribution in [3.05, 3.63) is 65.7 Å². The molecule has 0 spiro atoms. The fourth-order valence-corrected chi connectivity index (χ4v) is 3.48. The van der Waals surface area contributed by atoms with Crippen LogP contribution in [0.25, 0.3) is 0 Å². The van der Waals surface area contributed by atoms with E-state index in [1.807, 2.05) is 68.4 Å². The second-order valence-corrected chi connectivity index (χ2v) is 6.96. The molecule has 2 aromatic carbocycles. The summed E-state index contributed by atoms with van der Waals surface area (Å²) in [5, 5.41) is 6.30. The van der Waals surface area contributed by atoms with Crippen molar-refractivity contribution in [2.24, 2.45) is 5.92 Å². The van der Waals surface area contributed by atoms with Gasteiger partial charge in [0.15, 0.2) is 0 Å². The Morgan fingerprint density at radius 3 is 2.42 bits per heavy atom. The maximum atomic E-state index is 13.1. The van der Waals surface area contributed by atoms with Gasteiger partial charge in [-0.15, -0.1) is 0 Å². The molecule has 1 aliphatic heterocycles. The number of fused-ring (bicyclic) bond motifs is 1. The molecule has 0 fully saturated rings. The summed E-state index contributed by atoms with van der Waals surface area (Å²) in [5.74, 6) is -0.558. The van der Waals surface area contributed by atoms with E-state index in [2.05, 4.69) is 10.6 Å². The van der Waals surface area contributed by atoms with Crippen molar-refractivity contribution >= 4 is 17.6 Å². The van der Waals surface area contributed by atoms with Crippen molar-refractivity contribution in [1.82, 2.24) is 5.32 Å². The number of rotatable bonds is 6. The lowest BCUT2D eigenvalue weighted by Crippen LogP contribution is -2.58. The first-order valence-corrected chi connectivity index (χ1v) is 8.78. The molecule has 26 heavy (non-hydrogen) atoms. The number of para-hydroxylation sites is 1. The Labute approximate surface area is 153 Å². The Morgan fingerprint density at radius 1 is 1.12 bits per heavy atom. The second-order valence-electron chi connectivity index (χ2n) is 6.96. The van der Waals surface area contributed by atoms with E-state index in [4.69, 9.17) is 4.74 Å². The lowest BCUT2D eigenvalue weighted by Gasteiger charge is -2.34. The van der Waals surface area contributed by atoms with Gasteiger partial charge in [0, 0.05) is 17.7 Å². The summed E-state index contributed by atoms with van der Waals surface area (Å²) in [5.41, 5.74) is 1.61. The van der Waals surface area contributed by atoms with E-state index in [0.29, 0.717) is 6.42 Å². The Bertz CT molecular complexity index is 804. The molecular formula is C21H24N2O3. The van der Waals surface area contributed by atoms with Crippen LogP contribution in [0.1, 0.15) is 25.0 Å². The third-order valence-corrected chi connectivity index (χ3v) is 4.86. The predicted octanol–water partition coefficient (Wildman–Crippen LogP) is 2.86. The molecule has 3 rings (SSSR count). The zero-order valence-corrected chi connectivity index (χ0v) is 15.3. The van der Waals surface area contributed by atoms with Gasteiger partial charge in [0.1, 0.15) is 11.6 Å². The van der Waals surface area contributed by atoms with E-state index in [-0.39, 0.29) is 17.8 Å². The van der Waals surface area contributed by atoms with Crippen molar-refractivity contribution in [2.75, 3.05) is 12.4 Å². The largest absolute Gasteiger partial charge is 0.468 e. The Morgan fingerprint density at radius 2 is 1.77 bits per heavy atom. The third kappa shape index (κ3) is 3.22. The van der Waals surface area contributed by atoms with E-state index in [0.717, 1.165) is 16.8 Å². The smallest absolute Gasteiger partial charge is 0.323 e. The molecule has 2 aromatic rings. The molecule has 1 aliphatic rings. The van der Waals surface area contributed by atoms with Crippen LogP contribution in [0.3, 0.4) is 0 Å². The molecular weight excluding hydrogens is 328 g/mol. The van der Waals surface area contributed by atoms with Gasteiger partial charge in [-0.25, -0.2) is 0 Å². The van der Waals surface area contributed by atoms with Crippen molar-refractivity contribution < 1.29 is 14.3 Å². The molecule has 5 nitrogen and oxygen atoms in total. The summed E-state index contributed by atoms with van der Waals surface area (Å²) in [6.07, 6.45) is 0.441. The minimum Gasteiger partial charge on any atom is -0.468 e. The van der Waals surface area contributed by atoms with Gasteiger partial charge >= 0.3 is 5.97 Å². The van der Waals surface area contributed by atoms with Crippen LogP contribution in [0, 0.1) is 5.92 Å². The van der Waals surface area contributed by atoms with Gasteiger partial charge in [-0.2, -0.15) is 0 Å². The monoisotopic (exact) mass is 352 g/mol. The highest BCUT2D eigenvalue weighted by Crippen LogP contribution is 2.39. The molecule has 5 heteroatoms. The summed E-state index contributed by atoms with van der Waals surface area (Å²) >= 11 is 0. The van der Waals surface area contributed by atoms with Crippen molar-refractivity contribution in [2.45, 2.75) is 31.8 Å². The number of esters is 1. The van der Waals surface area contributed by atoms with Crippen molar-refractivity contribution in [3.63, 3.8) is 0 Å². The number of benzene rings is 2. The normalized spacial score (nSPS) is 19.8. The Balaban J connectivity index is 2.08. The van der Waals surface area contributed by atoms with Crippen LogP contribution < -0.4 is 10.6 Å². The maximum absolute atomic E-state index is 13.1. The van der Waals surface area contributed by atoms with Gasteiger partial charge < -0.3 is 10.1 Å². The SMILES string of the molecule is COC(=O)[C@@H](N[C@@]1(Cc2ccccc2)C(=O)Nc2ccccc21)C(C)C. The van der Waals surface area contributed by atoms with E-state index < -0.39 is 11.6 Å². The highest BCUT2D eigenvalue weighted by Gasteiger charge is 2.49. The van der Waals surface area contributed by atoms with Crippen LogP contribution in [-0.2, 0) is 26.3 Å². The topological polar surface area (TPSA) is 67.4 Å². The van der Waals surface area contributed by atoms with Crippen LogP contribution in [0.5, 0.6) is 0 Å². The fraction of sp³-hybridized carbons (Fsp3) is 0.333. The molecule has 2 atom stereocenters. The fourth-order valence-electron chi connectivity index (χ4n) is 3.48. The van der Waals surface area contributed by atoms with E-state index in [1.54, 1.807) is 0 Å². The van der Waals surface area contributed by atoms with Crippen LogP contribution >= 0.6 is 0 Å². The standard InChI is InChI=1S/C21H24N2O3/c1-14(2)18(19(24)26-3)23-21(13-15-9-5-4-6-10-15)16-11-7-8-12-17(16)22-20(21)25/h4-12,14,18,23H,13H2,1-3H3,(H,22,25)/t18-,21+/m0/s1. The number of hydrogen-bond acceptors (Lipinski definition) is 4. The summed E-state index contributed by atoms with van der Waals surface area (Å²) in [4.78, 5) is 25.4. The van der Waals surface area contributed by atoms with E-state index >= 15 is 0 Å². The van der Waals surface area contributed by atoms with Crippen LogP contribution in [-0.4, -0.2) is 25.0 Å². The average molecular weight is 352 g/mol. The van der Waals surface area contributed by atoms with Gasteiger partial charge in [0.25, 0.3) is 0 Å². The van der Waals surface area contributed by atoms with Gasteiger partial charge in [0.2, 0.25) is 5.91 Å². The van der Waals surface area contributed by atoms with Gasteiger partial charge in [-0.05, 0) is 17.5 Å². The van der Waals surface area contributed by atoms with E-state index in [1.165, 1.54) is 7.11 Å². The molecule has 136 valence electrons. The number of nitrogens with one attached hydrogen (secondary N) is 2. The zero-order chi connectivity index (χ0) is 18.7. The summed E-state index contributed by atoms with van der Waals surface area (Å²) in [6.45, 7) is 3.87. The zero-order valence-electron chi connectivity index (χ0n) is 15.3. The number of carbonyl (C=O) groups is 2. The maximum Gasteiger partial charge on any atom is 0.323 e. The van der Waals surface area contributed by atoms with Crippen LogP contribution in [0.4, 0.5) is 5.69 Å². The summed E-state index contributed by atoms with van der Waals surface area (Å²) in [7, 11) is 1.37. The molecule has 0 saturated carbocycles.